The highest BCUT2D eigenvalue weighted by Crippen LogP contribution is 2.35. The number of carbonyl (C=O) groups is 1. The topological polar surface area (TPSA) is 96.2 Å². The third-order valence-electron chi connectivity index (χ3n) is 5.09. The fourth-order valence-electron chi connectivity index (χ4n) is 3.41. The first-order chi connectivity index (χ1) is 13.9. The van der Waals surface area contributed by atoms with Crippen molar-refractivity contribution in [3.63, 3.8) is 0 Å². The van der Waals surface area contributed by atoms with E-state index in [-0.39, 0.29) is 0 Å². The fraction of sp³-hybridized carbons (Fsp3) is 0.478. The van der Waals surface area contributed by atoms with E-state index in [2.05, 4.69) is 22.6 Å². The molecule has 0 amide bonds. The molecule has 3 atom stereocenters. The Balaban J connectivity index is 1.77. The third kappa shape index (κ3) is 7.18. The van der Waals surface area contributed by atoms with Crippen LogP contribution >= 0.6 is 0 Å². The number of allylic oxidation sites excluding steroid dienone is 1. The highest BCUT2D eigenvalue weighted by atomic mass is 16.6. The van der Waals surface area contributed by atoms with Crippen LogP contribution in [0.1, 0.15) is 32.1 Å². The Labute approximate surface area is 171 Å². The molecule has 29 heavy (non-hydrogen) atoms. The first kappa shape index (κ1) is 22.9. The van der Waals surface area contributed by atoms with Crippen molar-refractivity contribution in [1.82, 2.24) is 0 Å². The zero-order valence-electron chi connectivity index (χ0n) is 16.7. The van der Waals surface area contributed by atoms with Crippen molar-refractivity contribution in [3.8, 4) is 5.75 Å². The molecule has 0 bridgehead atoms. The van der Waals surface area contributed by atoms with Crippen molar-refractivity contribution in [2.75, 3.05) is 13.7 Å². The lowest BCUT2D eigenvalue weighted by Crippen LogP contribution is -2.49. The molecule has 1 aliphatic rings. The number of para-hydroxylation sites is 1. The van der Waals surface area contributed by atoms with E-state index in [1.54, 1.807) is 6.08 Å². The number of aliphatic hydroxyl groups is 3. The standard InChI is InChI=1S/C23H30O6/c1-28-22(25)23(26,27)21(24)16-6-5-10-18-12-9-13-19(18)11-7-8-17-29-20-14-3-2-4-15-20/h2-5,7,11,14-16,18-19,21,24,26-27H,8-10,12-13,17H2,1H3/b11-7+/t6?,18-,19-,21?/m0/s1. The zero-order valence-corrected chi connectivity index (χ0v) is 16.7. The molecule has 0 saturated heterocycles. The second-order valence-corrected chi connectivity index (χ2v) is 7.17. The molecule has 0 radical (unpaired) electrons. The van der Waals surface area contributed by atoms with E-state index < -0.39 is 17.9 Å². The molecule has 6 nitrogen and oxygen atoms in total. The monoisotopic (exact) mass is 402 g/mol. The smallest absolute Gasteiger partial charge is 0.369 e. The molecule has 6 heteroatoms. The van der Waals surface area contributed by atoms with Gasteiger partial charge in [0.1, 0.15) is 11.9 Å². The second kappa shape index (κ2) is 11.6. The maximum Gasteiger partial charge on any atom is 0.369 e. The molecule has 1 unspecified atom stereocenters. The minimum atomic E-state index is -2.98. The van der Waals surface area contributed by atoms with Gasteiger partial charge in [-0.15, -0.1) is 5.73 Å². The minimum absolute atomic E-state index is 0.480. The van der Waals surface area contributed by atoms with Crippen molar-refractivity contribution >= 4 is 5.97 Å². The Hall–Kier alpha value is -2.37. The van der Waals surface area contributed by atoms with Gasteiger partial charge in [0, 0.05) is 0 Å². The predicted octanol–water partition coefficient (Wildman–Crippen LogP) is 2.74. The number of benzene rings is 1. The lowest BCUT2D eigenvalue weighted by atomic mass is 9.92. The molecule has 1 aromatic rings. The summed E-state index contributed by atoms with van der Waals surface area (Å²) in [5.74, 6) is -2.45. The van der Waals surface area contributed by atoms with E-state index in [0.29, 0.717) is 18.4 Å². The Kier molecular flexibility index (Phi) is 9.16. The Bertz CT molecular complexity index is 718. The summed E-state index contributed by atoms with van der Waals surface area (Å²) in [6.07, 6.45) is 10.4. The molecule has 1 aliphatic carbocycles. The van der Waals surface area contributed by atoms with Crippen LogP contribution in [0.2, 0.25) is 0 Å². The van der Waals surface area contributed by atoms with Crippen LogP contribution in [0.4, 0.5) is 0 Å². The van der Waals surface area contributed by atoms with Crippen molar-refractivity contribution in [2.45, 2.75) is 44.0 Å². The SMILES string of the molecule is COC(=O)C(O)(O)C(O)C=C=CC[C@H]1CCC[C@@H]1/C=C/CCOc1ccccc1. The number of hydrogen-bond acceptors (Lipinski definition) is 6. The van der Waals surface area contributed by atoms with Gasteiger partial charge in [-0.1, -0.05) is 36.8 Å². The second-order valence-electron chi connectivity index (χ2n) is 7.17. The summed E-state index contributed by atoms with van der Waals surface area (Å²) in [5.41, 5.74) is 2.74. The van der Waals surface area contributed by atoms with Crippen LogP contribution in [0.5, 0.6) is 5.75 Å². The number of carbonyl (C=O) groups excluding carboxylic acids is 1. The van der Waals surface area contributed by atoms with E-state index in [0.717, 1.165) is 44.6 Å². The molecule has 0 aliphatic heterocycles. The number of hydrogen-bond donors (Lipinski definition) is 3. The van der Waals surface area contributed by atoms with Crippen LogP contribution < -0.4 is 4.74 Å². The van der Waals surface area contributed by atoms with Crippen molar-refractivity contribution in [3.05, 3.63) is 60.4 Å². The largest absolute Gasteiger partial charge is 0.493 e. The van der Waals surface area contributed by atoms with Crippen molar-refractivity contribution < 1.29 is 29.6 Å². The molecule has 0 heterocycles. The molecule has 2 rings (SSSR count). The Morgan fingerprint density at radius 2 is 2.07 bits per heavy atom. The molecule has 1 saturated carbocycles. The summed E-state index contributed by atoms with van der Waals surface area (Å²) < 4.78 is 9.93. The van der Waals surface area contributed by atoms with E-state index in [1.807, 2.05) is 30.3 Å². The summed E-state index contributed by atoms with van der Waals surface area (Å²) >= 11 is 0. The molecule has 1 fully saturated rings. The van der Waals surface area contributed by atoms with Gasteiger partial charge in [0.05, 0.1) is 13.7 Å². The van der Waals surface area contributed by atoms with Gasteiger partial charge in [-0.2, -0.15) is 0 Å². The van der Waals surface area contributed by atoms with Gasteiger partial charge in [0.2, 0.25) is 0 Å². The van der Waals surface area contributed by atoms with Gasteiger partial charge in [0.15, 0.2) is 0 Å². The highest BCUT2D eigenvalue weighted by Gasteiger charge is 2.41. The van der Waals surface area contributed by atoms with Gasteiger partial charge in [0.25, 0.3) is 5.79 Å². The zero-order chi connectivity index (χ0) is 21.1. The van der Waals surface area contributed by atoms with Crippen molar-refractivity contribution in [1.29, 1.82) is 0 Å². The van der Waals surface area contributed by atoms with Gasteiger partial charge >= 0.3 is 5.97 Å². The van der Waals surface area contributed by atoms with Crippen LogP contribution in [-0.4, -0.2) is 46.9 Å². The lowest BCUT2D eigenvalue weighted by molar-refractivity contribution is -0.230. The maximum atomic E-state index is 11.2. The first-order valence-corrected chi connectivity index (χ1v) is 9.92. The van der Waals surface area contributed by atoms with Gasteiger partial charge in [-0.05, 0) is 61.8 Å². The molecule has 158 valence electrons. The predicted molar refractivity (Wildman–Crippen MR) is 109 cm³/mol. The maximum absolute atomic E-state index is 11.2. The molecule has 1 aromatic carbocycles. The summed E-state index contributed by atoms with van der Waals surface area (Å²) in [4.78, 5) is 11.2. The Morgan fingerprint density at radius 1 is 1.31 bits per heavy atom. The molecule has 0 spiro atoms. The molecule has 3 N–H and O–H groups in total. The lowest BCUT2D eigenvalue weighted by Gasteiger charge is -2.21. The van der Waals surface area contributed by atoms with Gasteiger partial charge < -0.3 is 24.8 Å². The van der Waals surface area contributed by atoms with Crippen LogP contribution in [0, 0.1) is 11.8 Å². The number of methoxy groups -OCH3 is 1. The van der Waals surface area contributed by atoms with Crippen LogP contribution in [0.15, 0.2) is 60.4 Å². The molecule has 0 aromatic heterocycles. The minimum Gasteiger partial charge on any atom is -0.493 e. The highest BCUT2D eigenvalue weighted by molar-refractivity contribution is 5.78. The van der Waals surface area contributed by atoms with Crippen LogP contribution in [-0.2, 0) is 9.53 Å². The number of rotatable bonds is 10. The number of esters is 1. The van der Waals surface area contributed by atoms with E-state index in [4.69, 9.17) is 4.74 Å². The van der Waals surface area contributed by atoms with Crippen LogP contribution in [0.25, 0.3) is 0 Å². The number of aliphatic hydroxyl groups excluding tert-OH is 1. The van der Waals surface area contributed by atoms with Gasteiger partial charge in [-0.3, -0.25) is 0 Å². The van der Waals surface area contributed by atoms with E-state index in [1.165, 1.54) is 6.42 Å². The summed E-state index contributed by atoms with van der Waals surface area (Å²) in [7, 11) is 1.01. The first-order valence-electron chi connectivity index (χ1n) is 9.92. The summed E-state index contributed by atoms with van der Waals surface area (Å²) in [5, 5.41) is 28.8. The quantitative estimate of drug-likeness (QED) is 0.183. The van der Waals surface area contributed by atoms with E-state index in [9.17, 15) is 20.1 Å². The number of ether oxygens (including phenoxy) is 2. The normalized spacial score (nSPS) is 20.1. The summed E-state index contributed by atoms with van der Waals surface area (Å²) in [6, 6.07) is 9.74. The Morgan fingerprint density at radius 3 is 2.79 bits per heavy atom. The van der Waals surface area contributed by atoms with E-state index >= 15 is 0 Å². The fourth-order valence-corrected chi connectivity index (χ4v) is 3.41. The van der Waals surface area contributed by atoms with Gasteiger partial charge in [-0.25, -0.2) is 4.79 Å². The third-order valence-corrected chi connectivity index (χ3v) is 5.09. The summed E-state index contributed by atoms with van der Waals surface area (Å²) in [6.45, 7) is 0.642. The van der Waals surface area contributed by atoms with Crippen molar-refractivity contribution in [2.24, 2.45) is 11.8 Å². The average Bonchev–Trinajstić information content (AvgIpc) is 3.18. The molecular formula is C23H30O6. The molecular weight excluding hydrogens is 372 g/mol. The van der Waals surface area contributed by atoms with Crippen LogP contribution in [0.3, 0.4) is 0 Å². The average molecular weight is 402 g/mol.